The highest BCUT2D eigenvalue weighted by molar-refractivity contribution is 6.33. The Labute approximate surface area is 259 Å². The number of halogens is 3. The lowest BCUT2D eigenvalue weighted by Crippen LogP contribution is -2.13. The largest absolute Gasteiger partial charge is 0.497 e. The summed E-state index contributed by atoms with van der Waals surface area (Å²) in [6.45, 7) is 7.79. The Morgan fingerprint density at radius 1 is 1.16 bits per heavy atom. The summed E-state index contributed by atoms with van der Waals surface area (Å²) in [5, 5.41) is 3.41. The fraction of sp³-hybridized carbons (Fsp3) is 0.323. The van der Waals surface area contributed by atoms with Gasteiger partial charge < -0.3 is 24.3 Å². The Morgan fingerprint density at radius 2 is 1.93 bits per heavy atom. The lowest BCUT2D eigenvalue weighted by Gasteiger charge is -2.22. The highest BCUT2D eigenvalue weighted by Crippen LogP contribution is 2.41. The van der Waals surface area contributed by atoms with Gasteiger partial charge in [-0.25, -0.2) is 19.2 Å². The van der Waals surface area contributed by atoms with Gasteiger partial charge in [0.15, 0.2) is 16.8 Å². The number of imidazole rings is 1. The van der Waals surface area contributed by atoms with E-state index < -0.39 is 17.7 Å². The van der Waals surface area contributed by atoms with Crippen molar-refractivity contribution in [2.24, 2.45) is 0 Å². The second kappa shape index (κ2) is 14.0. The van der Waals surface area contributed by atoms with Crippen LogP contribution in [0.1, 0.15) is 56.1 Å². The molecular formula is C31H33Cl2FN4O5. The van der Waals surface area contributed by atoms with Gasteiger partial charge in [0.1, 0.15) is 28.6 Å². The molecule has 0 fully saturated rings. The second-order valence-corrected chi connectivity index (χ2v) is 10.5. The van der Waals surface area contributed by atoms with Crippen LogP contribution in [0.3, 0.4) is 0 Å². The number of hydrogen-bond donors (Lipinski definition) is 1. The van der Waals surface area contributed by atoms with E-state index >= 15 is 4.39 Å². The van der Waals surface area contributed by atoms with Crippen LogP contribution in [0.2, 0.25) is 10.2 Å². The van der Waals surface area contributed by atoms with E-state index in [9.17, 15) is 4.79 Å². The average Bonchev–Trinajstić information content (AvgIpc) is 3.33. The van der Waals surface area contributed by atoms with Gasteiger partial charge in [0.25, 0.3) is 0 Å². The molecule has 1 atom stereocenters. The van der Waals surface area contributed by atoms with Gasteiger partial charge >= 0.3 is 5.97 Å². The molecule has 1 N–H and O–H groups in total. The maximum atomic E-state index is 15.3. The first-order chi connectivity index (χ1) is 20.6. The van der Waals surface area contributed by atoms with Gasteiger partial charge in [0, 0.05) is 48.1 Å². The van der Waals surface area contributed by atoms with E-state index in [0.717, 1.165) is 11.6 Å². The molecule has 0 saturated carbocycles. The van der Waals surface area contributed by atoms with Crippen molar-refractivity contribution in [3.05, 3.63) is 81.2 Å². The molecule has 9 nitrogen and oxygen atoms in total. The number of benzene rings is 2. The number of carbonyl (C=O) groups excluding carboxylic acids is 1. The Hall–Kier alpha value is -4.02. The Bertz CT molecular complexity index is 1660. The summed E-state index contributed by atoms with van der Waals surface area (Å²) in [6.07, 6.45) is 5.52. The third-order valence-electron chi connectivity index (χ3n) is 6.60. The van der Waals surface area contributed by atoms with E-state index in [4.69, 9.17) is 42.1 Å². The van der Waals surface area contributed by atoms with Gasteiger partial charge in [0.05, 0.1) is 37.5 Å². The normalized spacial score (nSPS) is 12.1. The highest BCUT2D eigenvalue weighted by atomic mass is 35.5. The van der Waals surface area contributed by atoms with E-state index in [1.165, 1.54) is 12.1 Å². The van der Waals surface area contributed by atoms with Crippen LogP contribution in [0, 0.1) is 5.82 Å². The summed E-state index contributed by atoms with van der Waals surface area (Å²) in [5.41, 5.74) is 2.03. The third-order valence-corrected chi connectivity index (χ3v) is 7.13. The smallest absolute Gasteiger partial charge is 0.330 e. The number of fused-ring (bicyclic) bond motifs is 1. The second-order valence-electron chi connectivity index (χ2n) is 9.76. The van der Waals surface area contributed by atoms with Crippen LogP contribution in [-0.4, -0.2) is 47.3 Å². The number of esters is 1. The number of rotatable bonds is 12. The monoisotopic (exact) mass is 630 g/mol. The number of anilines is 1. The molecule has 0 aliphatic heterocycles. The highest BCUT2D eigenvalue weighted by Gasteiger charge is 2.27. The van der Waals surface area contributed by atoms with Crippen molar-refractivity contribution in [3.63, 3.8) is 0 Å². The van der Waals surface area contributed by atoms with Crippen molar-refractivity contribution in [2.45, 2.75) is 46.3 Å². The van der Waals surface area contributed by atoms with Crippen molar-refractivity contribution in [2.75, 3.05) is 26.1 Å². The Balaban J connectivity index is 1.76. The molecule has 1 unspecified atom stereocenters. The lowest BCUT2D eigenvalue weighted by atomic mass is 9.95. The Kier molecular flexibility index (Phi) is 10.4. The summed E-state index contributed by atoms with van der Waals surface area (Å²) < 4.78 is 39.0. The zero-order valence-corrected chi connectivity index (χ0v) is 26.2. The number of carbonyl (C=O) groups is 1. The van der Waals surface area contributed by atoms with Crippen molar-refractivity contribution >= 4 is 46.6 Å². The topological polar surface area (TPSA) is 96.2 Å². The summed E-state index contributed by atoms with van der Waals surface area (Å²) in [6, 6.07) is 7.06. The van der Waals surface area contributed by atoms with Crippen molar-refractivity contribution in [1.82, 2.24) is 14.4 Å². The predicted molar refractivity (Wildman–Crippen MR) is 165 cm³/mol. The molecule has 0 bridgehead atoms. The van der Waals surface area contributed by atoms with Gasteiger partial charge in [-0.05, 0) is 45.0 Å². The van der Waals surface area contributed by atoms with Crippen molar-refractivity contribution in [3.8, 4) is 17.2 Å². The van der Waals surface area contributed by atoms with Gasteiger partial charge in [-0.1, -0.05) is 30.1 Å². The quantitative estimate of drug-likeness (QED) is 0.128. The minimum atomic E-state index is -0.718. The maximum Gasteiger partial charge on any atom is 0.330 e. The number of hydrogen-bond acceptors (Lipinski definition) is 8. The molecule has 0 spiro atoms. The van der Waals surface area contributed by atoms with Gasteiger partial charge in [-0.15, -0.1) is 0 Å². The number of nitrogens with zero attached hydrogens (tertiary/aromatic N) is 3. The summed E-state index contributed by atoms with van der Waals surface area (Å²) in [7, 11) is 3.19. The minimum Gasteiger partial charge on any atom is -0.497 e. The van der Waals surface area contributed by atoms with Gasteiger partial charge in [-0.3, -0.25) is 4.40 Å². The molecule has 0 amide bonds. The molecule has 4 rings (SSSR count). The summed E-state index contributed by atoms with van der Waals surface area (Å²) in [5.74, 6) is 0.817. The summed E-state index contributed by atoms with van der Waals surface area (Å²) in [4.78, 5) is 21.2. The molecule has 2 aromatic heterocycles. The number of nitrogens with one attached hydrogen (secondary N) is 1. The van der Waals surface area contributed by atoms with Crippen molar-refractivity contribution < 1.29 is 28.1 Å². The zero-order chi connectivity index (χ0) is 31.3. The molecule has 2 heterocycles. The van der Waals surface area contributed by atoms with Crippen LogP contribution < -0.4 is 19.5 Å². The molecule has 4 aromatic rings. The molecule has 0 saturated heterocycles. The SMILES string of the molecule is CCOC(=O)/C=C/c1c(F)c(Cl)cc(C(C)c2nc(Cl)c3c(NCc4ccc(OC)cc4OC)nccn23)c1OC(C)C. The molecular weight excluding hydrogens is 598 g/mol. The van der Waals surface area contributed by atoms with Gasteiger partial charge in [-0.2, -0.15) is 0 Å². The third kappa shape index (κ3) is 6.97. The van der Waals surface area contributed by atoms with Crippen LogP contribution in [0.5, 0.6) is 17.2 Å². The van der Waals surface area contributed by atoms with Gasteiger partial charge in [0.2, 0.25) is 0 Å². The first-order valence-corrected chi connectivity index (χ1v) is 14.4. The van der Waals surface area contributed by atoms with E-state index in [2.05, 4.69) is 15.3 Å². The van der Waals surface area contributed by atoms with E-state index in [0.29, 0.717) is 40.8 Å². The molecule has 228 valence electrons. The molecule has 12 heteroatoms. The van der Waals surface area contributed by atoms with Crippen LogP contribution >= 0.6 is 23.2 Å². The summed E-state index contributed by atoms with van der Waals surface area (Å²) >= 11 is 13.0. The Morgan fingerprint density at radius 3 is 2.60 bits per heavy atom. The first kappa shape index (κ1) is 31.9. The minimum absolute atomic E-state index is 0.0283. The fourth-order valence-electron chi connectivity index (χ4n) is 4.60. The molecule has 43 heavy (non-hydrogen) atoms. The average molecular weight is 632 g/mol. The van der Waals surface area contributed by atoms with Crippen LogP contribution in [-0.2, 0) is 16.1 Å². The molecule has 2 aromatic carbocycles. The van der Waals surface area contributed by atoms with Crippen LogP contribution in [0.25, 0.3) is 11.6 Å². The van der Waals surface area contributed by atoms with E-state index in [1.54, 1.807) is 39.6 Å². The number of ether oxygens (including phenoxy) is 4. The maximum absolute atomic E-state index is 15.3. The molecule has 0 radical (unpaired) electrons. The van der Waals surface area contributed by atoms with Crippen LogP contribution in [0.15, 0.2) is 42.7 Å². The first-order valence-electron chi connectivity index (χ1n) is 13.6. The number of methoxy groups -OCH3 is 2. The molecule has 0 aliphatic rings. The van der Waals surface area contributed by atoms with E-state index in [-0.39, 0.29) is 34.2 Å². The lowest BCUT2D eigenvalue weighted by molar-refractivity contribution is -0.137. The van der Waals surface area contributed by atoms with E-state index in [1.807, 2.05) is 37.3 Å². The standard InChI is InChI=1S/C31H33Cl2FN4O5/c1-7-42-25(39)11-10-21-26(34)23(32)15-22(28(21)43-17(2)3)18(4)31-37-29(33)27-30(35-12-13-38(27)31)36-16-19-8-9-20(40-5)14-24(19)41-6/h8-15,17-18H,7,16H2,1-6H3,(H,35,36)/b11-10+. The number of aromatic nitrogens is 3. The fourth-order valence-corrected chi connectivity index (χ4v) is 5.09. The molecule has 0 aliphatic carbocycles. The van der Waals surface area contributed by atoms with Crippen LogP contribution in [0.4, 0.5) is 10.2 Å². The van der Waals surface area contributed by atoms with Crippen molar-refractivity contribution in [1.29, 1.82) is 0 Å². The zero-order valence-electron chi connectivity index (χ0n) is 24.7. The predicted octanol–water partition coefficient (Wildman–Crippen LogP) is 7.32.